The molecule has 0 radical (unpaired) electrons. The van der Waals surface area contributed by atoms with Gasteiger partial charge in [-0.1, -0.05) is 6.07 Å². The molecule has 2 aromatic carbocycles. The number of nitrogens with two attached hydrogens (primary N) is 1. The summed E-state index contributed by atoms with van der Waals surface area (Å²) >= 11 is 0. The van der Waals surface area contributed by atoms with E-state index in [-0.39, 0.29) is 11.4 Å². The van der Waals surface area contributed by atoms with Crippen molar-refractivity contribution < 1.29 is 13.9 Å². The Morgan fingerprint density at radius 3 is 2.57 bits per heavy atom. The molecule has 0 aliphatic carbocycles. The predicted molar refractivity (Wildman–Crippen MR) is 81.4 cm³/mol. The zero-order chi connectivity index (χ0) is 15.6. The van der Waals surface area contributed by atoms with Crippen molar-refractivity contribution in [3.63, 3.8) is 0 Å². The first-order valence-electron chi connectivity index (χ1n) is 6.44. The summed E-state index contributed by atoms with van der Waals surface area (Å²) in [5.41, 5.74) is 8.94. The van der Waals surface area contributed by atoms with Crippen LogP contribution in [-0.2, 0) is 4.74 Å². The summed E-state index contributed by atoms with van der Waals surface area (Å²) in [6.45, 7) is 3.59. The van der Waals surface area contributed by atoms with Crippen LogP contribution in [0.3, 0.4) is 0 Å². The minimum Gasteiger partial charge on any atom is -0.465 e. The first-order valence-corrected chi connectivity index (χ1v) is 6.44. The predicted octanol–water partition coefficient (Wildman–Crippen LogP) is 3.55. The number of anilines is 3. The largest absolute Gasteiger partial charge is 0.465 e. The van der Waals surface area contributed by atoms with Gasteiger partial charge in [-0.2, -0.15) is 0 Å². The summed E-state index contributed by atoms with van der Waals surface area (Å²) in [6, 6.07) is 8.19. The van der Waals surface area contributed by atoms with Crippen molar-refractivity contribution in [2.75, 3.05) is 18.2 Å². The van der Waals surface area contributed by atoms with E-state index < -0.39 is 5.97 Å². The van der Waals surface area contributed by atoms with Crippen LogP contribution in [-0.4, -0.2) is 13.1 Å². The number of hydrogen-bond acceptors (Lipinski definition) is 4. The molecule has 21 heavy (non-hydrogen) atoms. The fraction of sp³-hybridized carbons (Fsp3) is 0.188. The molecule has 0 saturated heterocycles. The number of hydrogen-bond donors (Lipinski definition) is 2. The first kappa shape index (κ1) is 14.8. The Bertz CT molecular complexity index is 699. The monoisotopic (exact) mass is 288 g/mol. The second-order valence-corrected chi connectivity index (χ2v) is 4.85. The van der Waals surface area contributed by atoms with Crippen molar-refractivity contribution >= 4 is 23.0 Å². The van der Waals surface area contributed by atoms with Crippen LogP contribution in [0.1, 0.15) is 21.5 Å². The summed E-state index contributed by atoms with van der Waals surface area (Å²) in [5.74, 6) is -0.882. The zero-order valence-electron chi connectivity index (χ0n) is 12.2. The molecule has 110 valence electrons. The number of halogens is 1. The van der Waals surface area contributed by atoms with Crippen LogP contribution in [0.4, 0.5) is 21.5 Å². The molecular weight excluding hydrogens is 271 g/mol. The van der Waals surface area contributed by atoms with Gasteiger partial charge in [0.1, 0.15) is 5.82 Å². The highest BCUT2D eigenvalue weighted by Crippen LogP contribution is 2.27. The van der Waals surface area contributed by atoms with E-state index in [2.05, 4.69) is 5.32 Å². The van der Waals surface area contributed by atoms with Crippen molar-refractivity contribution in [3.05, 3.63) is 52.8 Å². The summed E-state index contributed by atoms with van der Waals surface area (Å²) in [7, 11) is 1.29. The third-order valence-corrected chi connectivity index (χ3v) is 3.20. The number of benzene rings is 2. The van der Waals surface area contributed by atoms with Crippen LogP contribution in [0.5, 0.6) is 0 Å². The highest BCUT2D eigenvalue weighted by molar-refractivity contribution is 5.97. The van der Waals surface area contributed by atoms with Crippen LogP contribution < -0.4 is 11.1 Å². The molecule has 0 aromatic heterocycles. The number of ether oxygens (including phenoxy) is 1. The smallest absolute Gasteiger partial charge is 0.340 e. The van der Waals surface area contributed by atoms with Gasteiger partial charge >= 0.3 is 5.97 Å². The van der Waals surface area contributed by atoms with Gasteiger partial charge in [-0.25, -0.2) is 9.18 Å². The molecule has 0 aliphatic rings. The first-order chi connectivity index (χ1) is 9.92. The fourth-order valence-electron chi connectivity index (χ4n) is 2.03. The average molecular weight is 288 g/mol. The number of methoxy groups -OCH3 is 1. The Morgan fingerprint density at radius 2 is 1.95 bits per heavy atom. The van der Waals surface area contributed by atoms with Gasteiger partial charge in [0.05, 0.1) is 18.4 Å². The number of esters is 1. The molecule has 4 nitrogen and oxygen atoms in total. The normalized spacial score (nSPS) is 10.3. The molecule has 2 rings (SSSR count). The van der Waals surface area contributed by atoms with Crippen LogP contribution in [0, 0.1) is 19.7 Å². The third-order valence-electron chi connectivity index (χ3n) is 3.20. The zero-order valence-corrected chi connectivity index (χ0v) is 12.2. The van der Waals surface area contributed by atoms with Gasteiger partial charge < -0.3 is 15.8 Å². The number of aryl methyl sites for hydroxylation is 2. The average Bonchev–Trinajstić information content (AvgIpc) is 2.44. The van der Waals surface area contributed by atoms with Gasteiger partial charge in [-0.05, 0) is 49.2 Å². The Balaban J connectivity index is 2.40. The van der Waals surface area contributed by atoms with Crippen molar-refractivity contribution in [3.8, 4) is 0 Å². The van der Waals surface area contributed by atoms with E-state index in [4.69, 9.17) is 10.5 Å². The number of nitrogen functional groups attached to an aromatic ring is 1. The second kappa shape index (κ2) is 5.83. The van der Waals surface area contributed by atoms with Crippen LogP contribution in [0.15, 0.2) is 30.3 Å². The Labute approximate surface area is 122 Å². The lowest BCUT2D eigenvalue weighted by molar-refractivity contribution is 0.0602. The molecule has 0 atom stereocenters. The minimum atomic E-state index is -0.524. The van der Waals surface area contributed by atoms with E-state index in [1.54, 1.807) is 31.2 Å². The van der Waals surface area contributed by atoms with E-state index in [0.717, 1.165) is 5.56 Å². The van der Waals surface area contributed by atoms with Crippen molar-refractivity contribution in [2.45, 2.75) is 13.8 Å². The number of carbonyl (C=O) groups is 1. The molecule has 0 fully saturated rings. The summed E-state index contributed by atoms with van der Waals surface area (Å²) in [5, 5.41) is 2.95. The van der Waals surface area contributed by atoms with Gasteiger partial charge in [0.2, 0.25) is 0 Å². The molecule has 0 spiro atoms. The van der Waals surface area contributed by atoms with E-state index in [9.17, 15) is 9.18 Å². The molecule has 0 saturated carbocycles. The highest BCUT2D eigenvalue weighted by atomic mass is 19.1. The summed E-state index contributed by atoms with van der Waals surface area (Å²) < 4.78 is 18.6. The molecule has 5 heteroatoms. The molecule has 0 unspecified atom stereocenters. The molecule has 0 amide bonds. The SMILES string of the molecule is COC(=O)c1cc(Nc2ccc(C)cc2F)cc(C)c1N. The summed E-state index contributed by atoms with van der Waals surface area (Å²) in [6.07, 6.45) is 0. The van der Waals surface area contributed by atoms with Crippen molar-refractivity contribution in [1.29, 1.82) is 0 Å². The molecule has 0 bridgehead atoms. The summed E-state index contributed by atoms with van der Waals surface area (Å²) in [4.78, 5) is 11.7. The topological polar surface area (TPSA) is 64.3 Å². The maximum atomic E-state index is 13.9. The van der Waals surface area contributed by atoms with E-state index in [0.29, 0.717) is 22.6 Å². The van der Waals surface area contributed by atoms with Crippen molar-refractivity contribution in [1.82, 2.24) is 0 Å². The molecule has 0 aliphatic heterocycles. The molecular formula is C16H17FN2O2. The maximum absolute atomic E-state index is 13.9. The van der Waals surface area contributed by atoms with Crippen LogP contribution >= 0.6 is 0 Å². The van der Waals surface area contributed by atoms with Gasteiger partial charge in [-0.3, -0.25) is 0 Å². The standard InChI is InChI=1S/C16H17FN2O2/c1-9-4-5-14(13(17)6-9)19-11-7-10(2)15(18)12(8-11)16(20)21-3/h4-8,19H,18H2,1-3H3. The third kappa shape index (κ3) is 3.13. The number of carbonyl (C=O) groups excluding carboxylic acids is 1. The lowest BCUT2D eigenvalue weighted by Gasteiger charge is -2.13. The highest BCUT2D eigenvalue weighted by Gasteiger charge is 2.14. The molecule has 2 aromatic rings. The number of rotatable bonds is 3. The van der Waals surface area contributed by atoms with Crippen LogP contribution in [0.25, 0.3) is 0 Å². The molecule has 3 N–H and O–H groups in total. The van der Waals surface area contributed by atoms with Gasteiger partial charge in [0, 0.05) is 11.4 Å². The maximum Gasteiger partial charge on any atom is 0.340 e. The van der Waals surface area contributed by atoms with Crippen LogP contribution in [0.2, 0.25) is 0 Å². The van der Waals surface area contributed by atoms with E-state index in [1.165, 1.54) is 13.2 Å². The lowest BCUT2D eigenvalue weighted by Crippen LogP contribution is -2.08. The van der Waals surface area contributed by atoms with E-state index >= 15 is 0 Å². The van der Waals surface area contributed by atoms with Gasteiger partial charge in [0.25, 0.3) is 0 Å². The van der Waals surface area contributed by atoms with E-state index in [1.807, 2.05) is 6.92 Å². The Hall–Kier alpha value is -2.56. The van der Waals surface area contributed by atoms with Gasteiger partial charge in [-0.15, -0.1) is 0 Å². The quantitative estimate of drug-likeness (QED) is 0.669. The second-order valence-electron chi connectivity index (χ2n) is 4.85. The van der Waals surface area contributed by atoms with Gasteiger partial charge in [0.15, 0.2) is 0 Å². The lowest BCUT2D eigenvalue weighted by atomic mass is 10.1. The minimum absolute atomic E-state index is 0.257. The fourth-order valence-corrected chi connectivity index (χ4v) is 2.03. The molecule has 0 heterocycles. The van der Waals surface area contributed by atoms with Crippen molar-refractivity contribution in [2.24, 2.45) is 0 Å². The number of nitrogens with one attached hydrogen (secondary N) is 1. The Morgan fingerprint density at radius 1 is 1.24 bits per heavy atom. The Kier molecular flexibility index (Phi) is 4.12.